The molecule has 0 unspecified atom stereocenters. The van der Waals surface area contributed by atoms with Crippen molar-refractivity contribution in [1.29, 1.82) is 0 Å². The van der Waals surface area contributed by atoms with Gasteiger partial charge in [-0.15, -0.1) is 12.4 Å². The van der Waals surface area contributed by atoms with Crippen molar-refractivity contribution >= 4 is 12.4 Å². The van der Waals surface area contributed by atoms with E-state index in [1.165, 1.54) is 0 Å². The Morgan fingerprint density at radius 2 is 1.62 bits per heavy atom. The molecule has 92 valence electrons. The molecule has 0 fully saturated rings. The van der Waals surface area contributed by atoms with Crippen molar-refractivity contribution in [1.82, 2.24) is 0 Å². The minimum absolute atomic E-state index is 0. The number of hydrogen-bond donors (Lipinski definition) is 2. The van der Waals surface area contributed by atoms with Gasteiger partial charge in [-0.2, -0.15) is 0 Å². The molecule has 0 saturated heterocycles. The normalized spacial score (nSPS) is 11.5. The zero-order valence-corrected chi connectivity index (χ0v) is 10.4. The van der Waals surface area contributed by atoms with Crippen molar-refractivity contribution in [2.45, 2.75) is 12.5 Å². The summed E-state index contributed by atoms with van der Waals surface area (Å²) in [5.74, 6) is 1.49. The molecule has 0 aliphatic carbocycles. The summed E-state index contributed by atoms with van der Waals surface area (Å²) in [6, 6.07) is 5.56. The predicted octanol–water partition coefficient (Wildman–Crippen LogP) is 1.47. The van der Waals surface area contributed by atoms with Crippen molar-refractivity contribution in [2.75, 3.05) is 20.8 Å². The number of rotatable bonds is 5. The smallest absolute Gasteiger partial charge is 0.122 e. The quantitative estimate of drug-likeness (QED) is 0.826. The predicted molar refractivity (Wildman–Crippen MR) is 67.4 cm³/mol. The lowest BCUT2D eigenvalue weighted by Gasteiger charge is -2.13. The van der Waals surface area contributed by atoms with Gasteiger partial charge in [-0.05, 0) is 30.7 Å². The van der Waals surface area contributed by atoms with Crippen molar-refractivity contribution in [3.8, 4) is 11.5 Å². The molecule has 1 aromatic rings. The van der Waals surface area contributed by atoms with Gasteiger partial charge in [-0.25, -0.2) is 0 Å². The zero-order chi connectivity index (χ0) is 11.3. The summed E-state index contributed by atoms with van der Waals surface area (Å²) < 4.78 is 10.3. The molecule has 4 nitrogen and oxygen atoms in total. The molecule has 0 aliphatic rings. The van der Waals surface area contributed by atoms with Crippen LogP contribution in [-0.2, 0) is 0 Å². The second-order valence-electron chi connectivity index (χ2n) is 3.33. The van der Waals surface area contributed by atoms with Gasteiger partial charge in [0, 0.05) is 12.1 Å². The average Bonchev–Trinajstić information content (AvgIpc) is 2.28. The highest BCUT2D eigenvalue weighted by Gasteiger charge is 2.08. The van der Waals surface area contributed by atoms with Gasteiger partial charge in [0.2, 0.25) is 0 Å². The SMILES string of the molecule is COc1cc(OC)cc([C@@H](N)CCN)c1.Cl. The van der Waals surface area contributed by atoms with Gasteiger partial charge < -0.3 is 20.9 Å². The molecule has 1 atom stereocenters. The van der Waals surface area contributed by atoms with Crippen LogP contribution in [0.15, 0.2) is 18.2 Å². The number of nitrogens with two attached hydrogens (primary N) is 2. The van der Waals surface area contributed by atoms with Gasteiger partial charge in [0.25, 0.3) is 0 Å². The van der Waals surface area contributed by atoms with E-state index in [0.29, 0.717) is 6.54 Å². The van der Waals surface area contributed by atoms with Crippen LogP contribution in [0.25, 0.3) is 0 Å². The van der Waals surface area contributed by atoms with Crippen molar-refractivity contribution in [3.05, 3.63) is 23.8 Å². The maximum atomic E-state index is 5.96. The molecular formula is C11H19ClN2O2. The van der Waals surface area contributed by atoms with E-state index in [1.54, 1.807) is 14.2 Å². The van der Waals surface area contributed by atoms with Crippen LogP contribution in [0.3, 0.4) is 0 Å². The first-order valence-electron chi connectivity index (χ1n) is 4.90. The van der Waals surface area contributed by atoms with Crippen LogP contribution in [-0.4, -0.2) is 20.8 Å². The van der Waals surface area contributed by atoms with Crippen LogP contribution >= 0.6 is 12.4 Å². The summed E-state index contributed by atoms with van der Waals surface area (Å²) in [6.07, 6.45) is 0.746. The fourth-order valence-corrected chi connectivity index (χ4v) is 1.39. The Labute approximate surface area is 102 Å². The van der Waals surface area contributed by atoms with E-state index in [1.807, 2.05) is 18.2 Å². The lowest BCUT2D eigenvalue weighted by atomic mass is 10.0. The van der Waals surface area contributed by atoms with E-state index in [2.05, 4.69) is 0 Å². The lowest BCUT2D eigenvalue weighted by molar-refractivity contribution is 0.392. The Hall–Kier alpha value is -0.970. The minimum atomic E-state index is -0.0704. The molecule has 1 aromatic carbocycles. The summed E-state index contributed by atoms with van der Waals surface area (Å²) in [5.41, 5.74) is 12.4. The van der Waals surface area contributed by atoms with Crippen LogP contribution in [0.5, 0.6) is 11.5 Å². The van der Waals surface area contributed by atoms with E-state index in [-0.39, 0.29) is 18.4 Å². The van der Waals surface area contributed by atoms with Gasteiger partial charge in [0.15, 0.2) is 0 Å². The molecule has 0 saturated carbocycles. The fraction of sp³-hybridized carbons (Fsp3) is 0.455. The molecule has 5 heteroatoms. The molecule has 0 amide bonds. The summed E-state index contributed by atoms with van der Waals surface area (Å²) in [7, 11) is 3.24. The number of halogens is 1. The minimum Gasteiger partial charge on any atom is -0.497 e. The Morgan fingerprint density at radius 1 is 1.12 bits per heavy atom. The van der Waals surface area contributed by atoms with Crippen molar-refractivity contribution < 1.29 is 9.47 Å². The largest absolute Gasteiger partial charge is 0.497 e. The molecule has 0 aromatic heterocycles. The van der Waals surface area contributed by atoms with Crippen LogP contribution < -0.4 is 20.9 Å². The summed E-state index contributed by atoms with van der Waals surface area (Å²) in [4.78, 5) is 0. The highest BCUT2D eigenvalue weighted by atomic mass is 35.5. The number of hydrogen-bond acceptors (Lipinski definition) is 4. The molecule has 4 N–H and O–H groups in total. The second-order valence-corrected chi connectivity index (χ2v) is 3.33. The lowest BCUT2D eigenvalue weighted by Crippen LogP contribution is -2.15. The van der Waals surface area contributed by atoms with E-state index in [4.69, 9.17) is 20.9 Å². The molecule has 0 spiro atoms. The number of ether oxygens (including phenoxy) is 2. The van der Waals surface area contributed by atoms with Crippen LogP contribution in [0, 0.1) is 0 Å². The van der Waals surface area contributed by atoms with Crippen molar-refractivity contribution in [2.24, 2.45) is 11.5 Å². The Kier molecular flexibility index (Phi) is 6.88. The maximum Gasteiger partial charge on any atom is 0.122 e. The highest BCUT2D eigenvalue weighted by Crippen LogP contribution is 2.26. The third-order valence-electron chi connectivity index (χ3n) is 2.28. The van der Waals surface area contributed by atoms with Gasteiger partial charge >= 0.3 is 0 Å². The third kappa shape index (κ3) is 3.89. The Morgan fingerprint density at radius 3 is 2.00 bits per heavy atom. The molecule has 0 heterocycles. The monoisotopic (exact) mass is 246 g/mol. The number of methoxy groups -OCH3 is 2. The van der Waals surface area contributed by atoms with E-state index >= 15 is 0 Å². The van der Waals surface area contributed by atoms with E-state index < -0.39 is 0 Å². The maximum absolute atomic E-state index is 5.96. The van der Waals surface area contributed by atoms with Gasteiger partial charge in [-0.1, -0.05) is 0 Å². The third-order valence-corrected chi connectivity index (χ3v) is 2.28. The number of benzene rings is 1. The topological polar surface area (TPSA) is 70.5 Å². The van der Waals surface area contributed by atoms with Crippen LogP contribution in [0.2, 0.25) is 0 Å². The summed E-state index contributed by atoms with van der Waals surface area (Å²) >= 11 is 0. The molecule has 1 rings (SSSR count). The zero-order valence-electron chi connectivity index (χ0n) is 9.60. The first-order valence-corrected chi connectivity index (χ1v) is 4.90. The second kappa shape index (κ2) is 7.33. The van der Waals surface area contributed by atoms with E-state index in [0.717, 1.165) is 23.5 Å². The van der Waals surface area contributed by atoms with E-state index in [9.17, 15) is 0 Å². The van der Waals surface area contributed by atoms with Crippen molar-refractivity contribution in [3.63, 3.8) is 0 Å². The summed E-state index contributed by atoms with van der Waals surface area (Å²) in [6.45, 7) is 0.570. The molecule has 16 heavy (non-hydrogen) atoms. The fourth-order valence-electron chi connectivity index (χ4n) is 1.39. The molecule has 0 bridgehead atoms. The Balaban J connectivity index is 0.00000225. The van der Waals surface area contributed by atoms with Crippen LogP contribution in [0.4, 0.5) is 0 Å². The summed E-state index contributed by atoms with van der Waals surface area (Å²) in [5, 5.41) is 0. The van der Waals surface area contributed by atoms with Crippen LogP contribution in [0.1, 0.15) is 18.0 Å². The highest BCUT2D eigenvalue weighted by molar-refractivity contribution is 5.85. The molecule has 0 aliphatic heterocycles. The first-order chi connectivity index (χ1) is 7.21. The first kappa shape index (κ1) is 15.0. The van der Waals surface area contributed by atoms with Gasteiger partial charge in [-0.3, -0.25) is 0 Å². The average molecular weight is 247 g/mol. The van der Waals surface area contributed by atoms with Gasteiger partial charge in [0.05, 0.1) is 14.2 Å². The Bertz CT molecular complexity index is 299. The molecule has 0 radical (unpaired) electrons. The molecular weight excluding hydrogens is 228 g/mol. The van der Waals surface area contributed by atoms with Gasteiger partial charge in [0.1, 0.15) is 11.5 Å². The standard InChI is InChI=1S/C11H18N2O2.ClH/c1-14-9-5-8(11(13)3-4-12)6-10(7-9)15-2;/h5-7,11H,3-4,12-13H2,1-2H3;1H/t11-;/m0./s1.